The Morgan fingerprint density at radius 1 is 1.21 bits per heavy atom. The molecule has 0 saturated carbocycles. The molecule has 5 nitrogen and oxygen atoms in total. The first-order valence-electron chi connectivity index (χ1n) is 6.23. The summed E-state index contributed by atoms with van der Waals surface area (Å²) in [7, 11) is -4.32. The number of hydrogen-bond donors (Lipinski definition) is 1. The number of sulfonamides is 1. The van der Waals surface area contributed by atoms with E-state index in [0.717, 1.165) is 12.2 Å². The van der Waals surface area contributed by atoms with Crippen molar-refractivity contribution in [3.63, 3.8) is 0 Å². The van der Waals surface area contributed by atoms with Gasteiger partial charge in [0.1, 0.15) is 0 Å². The van der Waals surface area contributed by atoms with Crippen LogP contribution in [0.25, 0.3) is 0 Å². The molecular formula is C12H18N2O3S2. The van der Waals surface area contributed by atoms with Crippen LogP contribution >= 0.6 is 0 Å². The highest BCUT2D eigenvalue weighted by Crippen LogP contribution is 2.19. The number of anilines is 1. The molecule has 0 atom stereocenters. The minimum Gasteiger partial charge on any atom is -0.385 e. The van der Waals surface area contributed by atoms with Crippen LogP contribution in [-0.2, 0) is 20.8 Å². The van der Waals surface area contributed by atoms with Gasteiger partial charge in [-0.1, -0.05) is 0 Å². The van der Waals surface area contributed by atoms with Gasteiger partial charge in [-0.25, -0.2) is 8.42 Å². The molecule has 1 aromatic carbocycles. The van der Waals surface area contributed by atoms with Crippen molar-refractivity contribution < 1.29 is 12.6 Å². The van der Waals surface area contributed by atoms with Gasteiger partial charge in [0, 0.05) is 47.6 Å². The van der Waals surface area contributed by atoms with Crippen LogP contribution in [0.4, 0.5) is 5.69 Å². The van der Waals surface area contributed by atoms with E-state index in [1.54, 1.807) is 24.3 Å². The Bertz CT molecular complexity index is 545. The Labute approximate surface area is 116 Å². The van der Waals surface area contributed by atoms with Crippen LogP contribution in [0.1, 0.15) is 6.92 Å². The summed E-state index contributed by atoms with van der Waals surface area (Å²) < 4.78 is 37.4. The summed E-state index contributed by atoms with van der Waals surface area (Å²) in [6.07, 6.45) is 0. The van der Waals surface area contributed by atoms with Gasteiger partial charge in [-0.3, -0.25) is 4.21 Å². The predicted molar refractivity (Wildman–Crippen MR) is 77.2 cm³/mol. The van der Waals surface area contributed by atoms with Crippen molar-refractivity contribution in [3.05, 3.63) is 24.3 Å². The van der Waals surface area contributed by atoms with Gasteiger partial charge >= 0.3 is 0 Å². The van der Waals surface area contributed by atoms with E-state index >= 15 is 0 Å². The van der Waals surface area contributed by atoms with Gasteiger partial charge in [-0.15, -0.1) is 0 Å². The third-order valence-corrected chi connectivity index (χ3v) is 6.20. The Kier molecular flexibility index (Phi) is 4.59. The van der Waals surface area contributed by atoms with Crippen molar-refractivity contribution in [2.75, 3.05) is 36.5 Å². The molecule has 0 bridgehead atoms. The fraction of sp³-hybridized carbons (Fsp3) is 0.500. The zero-order valence-electron chi connectivity index (χ0n) is 10.8. The number of hydrogen-bond acceptors (Lipinski definition) is 4. The van der Waals surface area contributed by atoms with Gasteiger partial charge in [0.2, 0.25) is 10.0 Å². The van der Waals surface area contributed by atoms with E-state index in [-0.39, 0.29) is 0 Å². The molecule has 0 aromatic heterocycles. The first-order valence-corrected chi connectivity index (χ1v) is 9.16. The van der Waals surface area contributed by atoms with Gasteiger partial charge in [0.15, 0.2) is 0 Å². The van der Waals surface area contributed by atoms with Crippen LogP contribution in [0.2, 0.25) is 0 Å². The quantitative estimate of drug-likeness (QED) is 0.896. The van der Waals surface area contributed by atoms with Crippen LogP contribution in [0.5, 0.6) is 0 Å². The molecule has 0 unspecified atom stereocenters. The fourth-order valence-electron chi connectivity index (χ4n) is 1.96. The number of rotatable bonds is 4. The molecule has 2 rings (SSSR count). The topological polar surface area (TPSA) is 66.5 Å². The highest BCUT2D eigenvalue weighted by molar-refractivity contribution is 7.89. The maximum Gasteiger partial charge on any atom is 0.243 e. The second-order valence-electron chi connectivity index (χ2n) is 4.31. The largest absolute Gasteiger partial charge is 0.385 e. The molecule has 19 heavy (non-hydrogen) atoms. The lowest BCUT2D eigenvalue weighted by Gasteiger charge is -2.25. The van der Waals surface area contributed by atoms with E-state index in [1.807, 2.05) is 6.92 Å². The van der Waals surface area contributed by atoms with Crippen LogP contribution in [-0.4, -0.2) is 48.1 Å². The van der Waals surface area contributed by atoms with Crippen molar-refractivity contribution in [1.82, 2.24) is 4.31 Å². The lowest BCUT2D eigenvalue weighted by Crippen LogP contribution is -2.41. The molecular weight excluding hydrogens is 284 g/mol. The lowest BCUT2D eigenvalue weighted by atomic mass is 10.3. The predicted octanol–water partition coefficient (Wildman–Crippen LogP) is 0.871. The molecule has 1 N–H and O–H groups in total. The van der Waals surface area contributed by atoms with Crippen molar-refractivity contribution in [2.24, 2.45) is 0 Å². The first-order chi connectivity index (χ1) is 9.04. The molecule has 1 heterocycles. The SMILES string of the molecule is CCNc1ccc(S(=O)(=O)N2CCS(=O)CC2)cc1. The van der Waals surface area contributed by atoms with Gasteiger partial charge in [0.25, 0.3) is 0 Å². The molecule has 0 amide bonds. The second-order valence-corrected chi connectivity index (χ2v) is 7.94. The summed E-state index contributed by atoms with van der Waals surface area (Å²) in [4.78, 5) is 0.293. The standard InChI is InChI=1S/C12H18N2O3S2/c1-2-13-11-3-5-12(6-4-11)19(16,17)14-7-9-18(15)10-8-14/h3-6,13H,2,7-10H2,1H3. The van der Waals surface area contributed by atoms with Gasteiger partial charge in [-0.05, 0) is 31.2 Å². The Balaban J connectivity index is 2.17. The van der Waals surface area contributed by atoms with Crippen LogP contribution in [0.3, 0.4) is 0 Å². The average Bonchev–Trinajstić information content (AvgIpc) is 2.40. The summed E-state index contributed by atoms with van der Waals surface area (Å²) in [6.45, 7) is 3.45. The zero-order chi connectivity index (χ0) is 13.9. The van der Waals surface area contributed by atoms with E-state index < -0.39 is 20.8 Å². The summed E-state index contributed by atoms with van der Waals surface area (Å²) >= 11 is 0. The molecule has 1 aliphatic rings. The van der Waals surface area contributed by atoms with Gasteiger partial charge in [-0.2, -0.15) is 4.31 Å². The first kappa shape index (κ1) is 14.5. The van der Waals surface area contributed by atoms with Crippen molar-refractivity contribution >= 4 is 26.5 Å². The van der Waals surface area contributed by atoms with Gasteiger partial charge in [0.05, 0.1) is 4.90 Å². The van der Waals surface area contributed by atoms with Crippen molar-refractivity contribution in [3.8, 4) is 0 Å². The zero-order valence-corrected chi connectivity index (χ0v) is 12.5. The van der Waals surface area contributed by atoms with Crippen LogP contribution < -0.4 is 5.32 Å². The third kappa shape index (κ3) is 3.34. The van der Waals surface area contributed by atoms with E-state index in [0.29, 0.717) is 29.5 Å². The molecule has 1 saturated heterocycles. The van der Waals surface area contributed by atoms with E-state index in [2.05, 4.69) is 5.32 Å². The normalized spacial score (nSPS) is 18.4. The smallest absolute Gasteiger partial charge is 0.243 e. The summed E-state index contributed by atoms with van der Waals surface area (Å²) in [5.74, 6) is 0.851. The fourth-order valence-corrected chi connectivity index (χ4v) is 4.68. The monoisotopic (exact) mass is 302 g/mol. The molecule has 1 fully saturated rings. The second kappa shape index (κ2) is 6.02. The Morgan fingerprint density at radius 2 is 1.79 bits per heavy atom. The summed E-state index contributed by atoms with van der Waals surface area (Å²) in [5, 5.41) is 3.12. The summed E-state index contributed by atoms with van der Waals surface area (Å²) in [5.41, 5.74) is 0.904. The van der Waals surface area contributed by atoms with Crippen LogP contribution in [0, 0.1) is 0 Å². The number of nitrogens with one attached hydrogen (secondary N) is 1. The molecule has 0 spiro atoms. The molecule has 0 radical (unpaired) electrons. The maximum absolute atomic E-state index is 12.4. The van der Waals surface area contributed by atoms with Crippen LogP contribution in [0.15, 0.2) is 29.2 Å². The highest BCUT2D eigenvalue weighted by atomic mass is 32.2. The average molecular weight is 302 g/mol. The van der Waals surface area contributed by atoms with E-state index in [9.17, 15) is 12.6 Å². The highest BCUT2D eigenvalue weighted by Gasteiger charge is 2.27. The van der Waals surface area contributed by atoms with Gasteiger partial charge < -0.3 is 5.32 Å². The summed E-state index contributed by atoms with van der Waals surface area (Å²) in [6, 6.07) is 6.74. The molecule has 1 aromatic rings. The minimum absolute atomic E-state index is 0.293. The Hall–Kier alpha value is -0.920. The molecule has 7 heteroatoms. The van der Waals surface area contributed by atoms with E-state index in [1.165, 1.54) is 4.31 Å². The maximum atomic E-state index is 12.4. The van der Waals surface area contributed by atoms with E-state index in [4.69, 9.17) is 0 Å². The van der Waals surface area contributed by atoms with Crippen molar-refractivity contribution in [2.45, 2.75) is 11.8 Å². The Morgan fingerprint density at radius 3 is 2.32 bits per heavy atom. The minimum atomic E-state index is -3.45. The molecule has 106 valence electrons. The lowest BCUT2D eigenvalue weighted by molar-refractivity contribution is 0.439. The number of nitrogens with zero attached hydrogens (tertiary/aromatic N) is 1. The van der Waals surface area contributed by atoms with Crippen molar-refractivity contribution in [1.29, 1.82) is 0 Å². The molecule has 1 aliphatic heterocycles. The molecule has 0 aliphatic carbocycles. The number of benzene rings is 1. The third-order valence-electron chi connectivity index (χ3n) is 3.01.